The second-order valence-electron chi connectivity index (χ2n) is 8.69. The van der Waals surface area contributed by atoms with Gasteiger partial charge in [0, 0.05) is 44.3 Å². The molecule has 7 heteroatoms. The largest absolute Gasteiger partial charge is 0.255 e. The molecule has 0 atom stereocenters. The Kier molecular flexibility index (Phi) is 9.44. The van der Waals surface area contributed by atoms with Gasteiger partial charge >= 0.3 is 0 Å². The molecule has 6 aromatic heterocycles. The van der Waals surface area contributed by atoms with Crippen molar-refractivity contribution in [2.75, 3.05) is 0 Å². The maximum atomic E-state index is 4.65. The standard InChI is InChI=1S/2C16H13N3.Zn/c2*1-12-10-15(13-6-2-4-8-17-13)19-16(11-12)14-7-3-5-9-18-14;/h2*2-11H,1H3;. The predicted molar refractivity (Wildman–Crippen MR) is 151 cm³/mol. The molecule has 6 heterocycles. The molecule has 6 aromatic rings. The third kappa shape index (κ3) is 7.31. The first kappa shape index (κ1) is 27.6. The van der Waals surface area contributed by atoms with E-state index in [4.69, 9.17) is 0 Å². The SMILES string of the molecule is Cc1cc(-c2ccccn2)nc(-c2ccccn2)c1.Cc1cc(-c2ccccn2)nc(-c2ccccn2)c1.[Zn]. The van der Waals surface area contributed by atoms with E-state index in [9.17, 15) is 0 Å². The van der Waals surface area contributed by atoms with Crippen LogP contribution in [0.4, 0.5) is 0 Å². The molecule has 186 valence electrons. The Balaban J connectivity index is 0.000000176. The van der Waals surface area contributed by atoms with Crippen LogP contribution >= 0.6 is 0 Å². The molecule has 0 unspecified atom stereocenters. The van der Waals surface area contributed by atoms with Gasteiger partial charge in [0.1, 0.15) is 0 Å². The van der Waals surface area contributed by atoms with Crippen LogP contribution in [0.2, 0.25) is 0 Å². The average molecular weight is 560 g/mol. The summed E-state index contributed by atoms with van der Waals surface area (Å²) in [5.41, 5.74) is 9.32. The van der Waals surface area contributed by atoms with Crippen LogP contribution in [0, 0.1) is 13.8 Å². The van der Waals surface area contributed by atoms with Gasteiger partial charge in [-0.15, -0.1) is 0 Å². The van der Waals surface area contributed by atoms with Crippen LogP contribution in [0.15, 0.2) is 122 Å². The molecule has 0 bridgehead atoms. The number of hydrogen-bond donors (Lipinski definition) is 0. The van der Waals surface area contributed by atoms with Gasteiger partial charge in [-0.3, -0.25) is 19.9 Å². The van der Waals surface area contributed by atoms with Crippen LogP contribution in [0.5, 0.6) is 0 Å². The van der Waals surface area contributed by atoms with Crippen molar-refractivity contribution in [3.8, 4) is 45.6 Å². The van der Waals surface area contributed by atoms with Crippen LogP contribution in [-0.4, -0.2) is 29.9 Å². The molecule has 0 saturated carbocycles. The van der Waals surface area contributed by atoms with Crippen molar-refractivity contribution in [2.24, 2.45) is 0 Å². The fourth-order valence-electron chi connectivity index (χ4n) is 3.92. The minimum atomic E-state index is 0. The maximum Gasteiger partial charge on any atom is 0.0896 e. The quantitative estimate of drug-likeness (QED) is 0.216. The predicted octanol–water partition coefficient (Wildman–Crippen LogP) is 7.03. The smallest absolute Gasteiger partial charge is 0.0896 e. The number of rotatable bonds is 4. The Labute approximate surface area is 241 Å². The topological polar surface area (TPSA) is 77.3 Å². The molecular formula is C32H26N6Zn. The van der Waals surface area contributed by atoms with Gasteiger partial charge in [-0.25, -0.2) is 9.97 Å². The van der Waals surface area contributed by atoms with Crippen molar-refractivity contribution in [2.45, 2.75) is 13.8 Å². The van der Waals surface area contributed by atoms with E-state index in [1.165, 1.54) is 0 Å². The van der Waals surface area contributed by atoms with Crippen molar-refractivity contribution in [1.29, 1.82) is 0 Å². The minimum absolute atomic E-state index is 0. The first-order valence-corrected chi connectivity index (χ1v) is 12.3. The fourth-order valence-corrected chi connectivity index (χ4v) is 3.92. The summed E-state index contributed by atoms with van der Waals surface area (Å²) in [6, 6.07) is 31.5. The van der Waals surface area contributed by atoms with Crippen LogP contribution in [0.1, 0.15) is 11.1 Å². The van der Waals surface area contributed by atoms with E-state index >= 15 is 0 Å². The molecule has 0 amide bonds. The molecule has 0 fully saturated rings. The number of aromatic nitrogens is 6. The Morgan fingerprint density at radius 2 is 0.615 bits per heavy atom. The third-order valence-electron chi connectivity index (χ3n) is 5.65. The van der Waals surface area contributed by atoms with Gasteiger partial charge in [0.15, 0.2) is 0 Å². The van der Waals surface area contributed by atoms with E-state index in [0.717, 1.165) is 56.7 Å². The van der Waals surface area contributed by atoms with Gasteiger partial charge in [-0.1, -0.05) is 24.3 Å². The molecule has 0 N–H and O–H groups in total. The van der Waals surface area contributed by atoms with Gasteiger partial charge in [-0.05, 0) is 97.8 Å². The second-order valence-corrected chi connectivity index (χ2v) is 8.69. The third-order valence-corrected chi connectivity index (χ3v) is 5.65. The Hall–Kier alpha value is -4.48. The summed E-state index contributed by atoms with van der Waals surface area (Å²) in [5.74, 6) is 0. The number of pyridine rings is 6. The van der Waals surface area contributed by atoms with Crippen LogP contribution in [0.25, 0.3) is 45.6 Å². The Morgan fingerprint density at radius 1 is 0.359 bits per heavy atom. The van der Waals surface area contributed by atoms with E-state index in [1.54, 1.807) is 24.8 Å². The van der Waals surface area contributed by atoms with Crippen LogP contribution in [-0.2, 0) is 19.5 Å². The summed E-state index contributed by atoms with van der Waals surface area (Å²) in [7, 11) is 0. The van der Waals surface area contributed by atoms with Gasteiger partial charge in [0.05, 0.1) is 45.6 Å². The molecule has 0 radical (unpaired) electrons. The van der Waals surface area contributed by atoms with E-state index in [-0.39, 0.29) is 19.5 Å². The van der Waals surface area contributed by atoms with Gasteiger partial charge in [0.25, 0.3) is 0 Å². The van der Waals surface area contributed by atoms with Gasteiger partial charge in [0.2, 0.25) is 0 Å². The maximum absolute atomic E-state index is 4.65. The molecule has 0 aromatic carbocycles. The molecule has 0 aliphatic rings. The molecule has 0 aliphatic heterocycles. The van der Waals surface area contributed by atoms with Crippen molar-refractivity contribution < 1.29 is 19.5 Å². The summed E-state index contributed by atoms with van der Waals surface area (Å²) in [6.45, 7) is 4.11. The van der Waals surface area contributed by atoms with Crippen molar-refractivity contribution >= 4 is 0 Å². The van der Waals surface area contributed by atoms with E-state index in [0.29, 0.717) is 0 Å². The first-order chi connectivity index (χ1) is 18.7. The summed E-state index contributed by atoms with van der Waals surface area (Å²) in [4.78, 5) is 26.7. The van der Waals surface area contributed by atoms with Gasteiger partial charge < -0.3 is 0 Å². The number of hydrogen-bond acceptors (Lipinski definition) is 6. The fraction of sp³-hybridized carbons (Fsp3) is 0.0625. The van der Waals surface area contributed by atoms with Crippen molar-refractivity contribution in [3.05, 3.63) is 133 Å². The number of aryl methyl sites for hydroxylation is 2. The van der Waals surface area contributed by atoms with Crippen LogP contribution in [0.3, 0.4) is 0 Å². The van der Waals surface area contributed by atoms with E-state index in [1.807, 2.05) is 97.1 Å². The Bertz CT molecular complexity index is 1370. The van der Waals surface area contributed by atoms with E-state index in [2.05, 4.69) is 43.8 Å². The zero-order chi connectivity index (χ0) is 26.2. The minimum Gasteiger partial charge on any atom is -0.255 e. The number of nitrogens with zero attached hydrogens (tertiary/aromatic N) is 6. The molecule has 0 saturated heterocycles. The van der Waals surface area contributed by atoms with Crippen molar-refractivity contribution in [1.82, 2.24) is 29.9 Å². The summed E-state index contributed by atoms with van der Waals surface area (Å²) < 4.78 is 0. The zero-order valence-electron chi connectivity index (χ0n) is 21.9. The molecular weight excluding hydrogens is 534 g/mol. The molecule has 39 heavy (non-hydrogen) atoms. The first-order valence-electron chi connectivity index (χ1n) is 12.3. The zero-order valence-corrected chi connectivity index (χ0v) is 24.9. The molecule has 6 rings (SSSR count). The van der Waals surface area contributed by atoms with Crippen molar-refractivity contribution in [3.63, 3.8) is 0 Å². The normalized spacial score (nSPS) is 10.1. The Morgan fingerprint density at radius 3 is 0.821 bits per heavy atom. The summed E-state index contributed by atoms with van der Waals surface area (Å²) >= 11 is 0. The molecule has 6 nitrogen and oxygen atoms in total. The van der Waals surface area contributed by atoms with E-state index < -0.39 is 0 Å². The summed E-state index contributed by atoms with van der Waals surface area (Å²) in [5, 5.41) is 0. The second kappa shape index (κ2) is 13.4. The molecule has 0 spiro atoms. The van der Waals surface area contributed by atoms with Crippen LogP contribution < -0.4 is 0 Å². The monoisotopic (exact) mass is 558 g/mol. The van der Waals surface area contributed by atoms with Gasteiger partial charge in [-0.2, -0.15) is 0 Å². The molecule has 0 aliphatic carbocycles. The average Bonchev–Trinajstić information content (AvgIpc) is 2.99. The summed E-state index contributed by atoms with van der Waals surface area (Å²) in [6.07, 6.45) is 7.11.